The topological polar surface area (TPSA) is 75.6 Å². The van der Waals surface area contributed by atoms with Crippen LogP contribution in [-0.4, -0.2) is 30.2 Å². The molecule has 1 aromatic carbocycles. The van der Waals surface area contributed by atoms with E-state index in [1.807, 2.05) is 0 Å². The Morgan fingerprint density at radius 1 is 1.15 bits per heavy atom. The minimum Gasteiger partial charge on any atom is -0.480 e. The number of rotatable bonds is 6. The third-order valence-corrected chi connectivity index (χ3v) is 2.23. The molecule has 1 rings (SSSR count). The van der Waals surface area contributed by atoms with Crippen LogP contribution in [0.5, 0.6) is 0 Å². The number of hydrogen-bond acceptors (Lipinski definition) is 3. The van der Waals surface area contributed by atoms with Crippen molar-refractivity contribution >= 4 is 11.9 Å². The first-order valence-electron chi connectivity index (χ1n) is 5.51. The first-order chi connectivity index (χ1) is 9.29. The van der Waals surface area contributed by atoms with E-state index in [1.54, 1.807) is 0 Å². The second-order valence-electron chi connectivity index (χ2n) is 3.86. The van der Waals surface area contributed by atoms with Crippen molar-refractivity contribution in [3.8, 4) is 0 Å². The Bertz CT molecular complexity index is 471. The zero-order valence-corrected chi connectivity index (χ0v) is 10.2. The van der Waals surface area contributed by atoms with Gasteiger partial charge in [0.1, 0.15) is 13.2 Å². The Morgan fingerprint density at radius 3 is 2.25 bits per heavy atom. The molecule has 8 heteroatoms. The average molecular weight is 291 g/mol. The van der Waals surface area contributed by atoms with Crippen molar-refractivity contribution in [2.75, 3.05) is 13.2 Å². The van der Waals surface area contributed by atoms with Crippen molar-refractivity contribution in [3.05, 3.63) is 35.4 Å². The largest absolute Gasteiger partial charge is 0.480 e. The lowest BCUT2D eigenvalue weighted by Crippen LogP contribution is -2.28. The number of halogens is 3. The Hall–Kier alpha value is -2.09. The smallest absolute Gasteiger partial charge is 0.416 e. The number of benzene rings is 1. The first-order valence-corrected chi connectivity index (χ1v) is 5.51. The molecule has 0 radical (unpaired) electrons. The molecule has 0 aliphatic rings. The van der Waals surface area contributed by atoms with Gasteiger partial charge >= 0.3 is 12.1 Å². The van der Waals surface area contributed by atoms with Gasteiger partial charge in [-0.25, -0.2) is 4.79 Å². The molecule has 0 aliphatic heterocycles. The van der Waals surface area contributed by atoms with Crippen LogP contribution in [0, 0.1) is 0 Å². The quantitative estimate of drug-likeness (QED) is 0.831. The molecule has 1 aromatic rings. The first kappa shape index (κ1) is 16.0. The highest BCUT2D eigenvalue weighted by atomic mass is 19.4. The van der Waals surface area contributed by atoms with Crippen molar-refractivity contribution in [1.82, 2.24) is 5.32 Å². The van der Waals surface area contributed by atoms with E-state index in [4.69, 9.17) is 5.11 Å². The van der Waals surface area contributed by atoms with Gasteiger partial charge in [0, 0.05) is 6.54 Å². The monoisotopic (exact) mass is 291 g/mol. The van der Waals surface area contributed by atoms with Gasteiger partial charge in [0.15, 0.2) is 0 Å². The van der Waals surface area contributed by atoms with Crippen LogP contribution in [0.1, 0.15) is 11.1 Å². The summed E-state index contributed by atoms with van der Waals surface area (Å²) in [5.74, 6) is -1.74. The van der Waals surface area contributed by atoms with Crippen molar-refractivity contribution < 1.29 is 32.6 Å². The lowest BCUT2D eigenvalue weighted by Gasteiger charge is -2.08. The van der Waals surface area contributed by atoms with Crippen molar-refractivity contribution in [2.45, 2.75) is 12.7 Å². The SMILES string of the molecule is O=C(O)COCC(=O)NCc1ccc(C(F)(F)F)cc1. The van der Waals surface area contributed by atoms with Crippen molar-refractivity contribution in [3.63, 3.8) is 0 Å². The van der Waals surface area contributed by atoms with Gasteiger partial charge in [-0.15, -0.1) is 0 Å². The number of nitrogens with one attached hydrogen (secondary N) is 1. The summed E-state index contributed by atoms with van der Waals surface area (Å²) < 4.78 is 41.5. The predicted octanol–water partition coefficient (Wildman–Crippen LogP) is 1.42. The van der Waals surface area contributed by atoms with Crippen LogP contribution >= 0.6 is 0 Å². The number of ether oxygens (including phenoxy) is 1. The second kappa shape index (κ2) is 6.90. The molecule has 2 N–H and O–H groups in total. The molecule has 1 amide bonds. The summed E-state index contributed by atoms with van der Waals surface area (Å²) >= 11 is 0. The van der Waals surface area contributed by atoms with Crippen LogP contribution in [0.25, 0.3) is 0 Å². The fourth-order valence-electron chi connectivity index (χ4n) is 1.29. The molecule has 5 nitrogen and oxygen atoms in total. The molecule has 0 unspecified atom stereocenters. The van der Waals surface area contributed by atoms with E-state index >= 15 is 0 Å². The molecule has 0 saturated carbocycles. The van der Waals surface area contributed by atoms with E-state index in [2.05, 4.69) is 10.1 Å². The summed E-state index contributed by atoms with van der Waals surface area (Å²) in [6.45, 7) is -0.978. The number of aliphatic carboxylic acids is 1. The summed E-state index contributed by atoms with van der Waals surface area (Å²) in [6, 6.07) is 4.34. The highest BCUT2D eigenvalue weighted by Crippen LogP contribution is 2.28. The number of alkyl halides is 3. The minimum absolute atomic E-state index is 0.0351. The number of hydrogen-bond donors (Lipinski definition) is 2. The van der Waals surface area contributed by atoms with E-state index in [1.165, 1.54) is 12.1 Å². The molecular weight excluding hydrogens is 279 g/mol. The summed E-state index contributed by atoms with van der Waals surface area (Å²) in [5.41, 5.74) is -0.276. The molecule has 0 saturated heterocycles. The van der Waals surface area contributed by atoms with Crippen LogP contribution in [-0.2, 0) is 27.0 Å². The van der Waals surface area contributed by atoms with Crippen LogP contribution in [0.4, 0.5) is 13.2 Å². The second-order valence-corrected chi connectivity index (χ2v) is 3.86. The number of carboxylic acids is 1. The summed E-state index contributed by atoms with van der Waals surface area (Å²) in [6.07, 6.45) is -4.40. The maximum absolute atomic E-state index is 12.3. The number of carboxylic acid groups (broad SMARTS) is 1. The Kier molecular flexibility index (Phi) is 5.51. The van der Waals surface area contributed by atoms with Crippen LogP contribution in [0.15, 0.2) is 24.3 Å². The lowest BCUT2D eigenvalue weighted by molar-refractivity contribution is -0.143. The predicted molar refractivity (Wildman–Crippen MR) is 61.7 cm³/mol. The van der Waals surface area contributed by atoms with E-state index in [9.17, 15) is 22.8 Å². The number of amides is 1. The van der Waals surface area contributed by atoms with E-state index in [-0.39, 0.29) is 6.54 Å². The summed E-state index contributed by atoms with van der Waals surface area (Å²) in [7, 11) is 0. The van der Waals surface area contributed by atoms with Gasteiger partial charge in [-0.2, -0.15) is 13.2 Å². The molecule has 0 bridgehead atoms. The fourth-order valence-corrected chi connectivity index (χ4v) is 1.29. The van der Waals surface area contributed by atoms with Crippen molar-refractivity contribution in [1.29, 1.82) is 0 Å². The molecule has 0 fully saturated rings. The summed E-state index contributed by atoms with van der Waals surface area (Å²) in [5, 5.41) is 10.7. The molecule has 0 heterocycles. The molecule has 0 atom stereocenters. The zero-order valence-electron chi connectivity index (χ0n) is 10.2. The minimum atomic E-state index is -4.40. The molecule has 0 spiro atoms. The maximum Gasteiger partial charge on any atom is 0.416 e. The van der Waals surface area contributed by atoms with Crippen LogP contribution < -0.4 is 5.32 Å². The standard InChI is InChI=1S/C12H12F3NO4/c13-12(14,15)9-3-1-8(2-4-9)5-16-10(17)6-20-7-11(18)19/h1-4H,5-7H2,(H,16,17)(H,18,19). The third-order valence-electron chi connectivity index (χ3n) is 2.23. The Morgan fingerprint density at radius 2 is 1.75 bits per heavy atom. The van der Waals surface area contributed by atoms with E-state index in [0.29, 0.717) is 5.56 Å². The third kappa shape index (κ3) is 5.70. The number of carbonyl (C=O) groups excluding carboxylic acids is 1. The summed E-state index contributed by atoms with van der Waals surface area (Å²) in [4.78, 5) is 21.3. The van der Waals surface area contributed by atoms with E-state index in [0.717, 1.165) is 12.1 Å². The molecule has 0 aliphatic carbocycles. The van der Waals surface area contributed by atoms with Gasteiger partial charge in [0.25, 0.3) is 0 Å². The Labute approximate surface area is 112 Å². The molecule has 110 valence electrons. The lowest BCUT2D eigenvalue weighted by atomic mass is 10.1. The van der Waals surface area contributed by atoms with E-state index < -0.39 is 36.8 Å². The molecular formula is C12H12F3NO4. The van der Waals surface area contributed by atoms with Gasteiger partial charge in [0.05, 0.1) is 5.56 Å². The van der Waals surface area contributed by atoms with Gasteiger partial charge in [-0.05, 0) is 17.7 Å². The fraction of sp³-hybridized carbons (Fsp3) is 0.333. The Balaban J connectivity index is 2.38. The average Bonchev–Trinajstić information content (AvgIpc) is 2.35. The number of carbonyl (C=O) groups is 2. The van der Waals surface area contributed by atoms with Crippen LogP contribution in [0.3, 0.4) is 0 Å². The maximum atomic E-state index is 12.3. The zero-order chi connectivity index (χ0) is 15.2. The van der Waals surface area contributed by atoms with Gasteiger partial charge < -0.3 is 15.2 Å². The highest BCUT2D eigenvalue weighted by Gasteiger charge is 2.29. The van der Waals surface area contributed by atoms with Gasteiger partial charge in [-0.3, -0.25) is 4.79 Å². The highest BCUT2D eigenvalue weighted by molar-refractivity contribution is 5.77. The van der Waals surface area contributed by atoms with Gasteiger partial charge in [-0.1, -0.05) is 12.1 Å². The normalized spacial score (nSPS) is 11.2. The van der Waals surface area contributed by atoms with Crippen LogP contribution in [0.2, 0.25) is 0 Å². The molecule has 0 aromatic heterocycles. The molecule has 20 heavy (non-hydrogen) atoms. The van der Waals surface area contributed by atoms with Gasteiger partial charge in [0.2, 0.25) is 5.91 Å². The van der Waals surface area contributed by atoms with Crippen molar-refractivity contribution in [2.24, 2.45) is 0 Å².